The summed E-state index contributed by atoms with van der Waals surface area (Å²) in [6, 6.07) is 13.0. The molecule has 1 atom stereocenters. The molecule has 148 valence electrons. The maximum Gasteiger partial charge on any atom is 0.248 e. The Balaban J connectivity index is 1.72. The van der Waals surface area contributed by atoms with E-state index in [1.165, 1.54) is 22.5 Å². The first-order chi connectivity index (χ1) is 14.0. The minimum Gasteiger partial charge on any atom is -0.366 e. The maximum absolute atomic E-state index is 14.6. The van der Waals surface area contributed by atoms with Crippen LogP contribution in [0.5, 0.6) is 0 Å². The number of rotatable bonds is 5. The Morgan fingerprint density at radius 1 is 1.28 bits per heavy atom. The largest absolute Gasteiger partial charge is 0.366 e. The van der Waals surface area contributed by atoms with Crippen LogP contribution in [-0.2, 0) is 10.5 Å². The first kappa shape index (κ1) is 19.5. The molecule has 6 nitrogen and oxygen atoms in total. The van der Waals surface area contributed by atoms with E-state index in [0.29, 0.717) is 33.1 Å². The van der Waals surface area contributed by atoms with Crippen LogP contribution in [0.1, 0.15) is 24.1 Å². The van der Waals surface area contributed by atoms with Crippen LogP contribution >= 0.6 is 23.4 Å². The van der Waals surface area contributed by atoms with Crippen LogP contribution in [0.15, 0.2) is 65.0 Å². The number of carbonyl (C=O) groups excluding carboxylic acids is 1. The number of amides is 1. The average molecular weight is 430 g/mol. The zero-order valence-corrected chi connectivity index (χ0v) is 17.0. The lowest BCUT2D eigenvalue weighted by Crippen LogP contribution is -2.32. The normalized spacial score (nSPS) is 15.8. The van der Waals surface area contributed by atoms with E-state index in [0.717, 1.165) is 5.56 Å². The van der Waals surface area contributed by atoms with Crippen LogP contribution in [0.3, 0.4) is 0 Å². The number of hydrogen-bond donors (Lipinski definition) is 2. The molecule has 2 aromatic carbocycles. The molecular formula is C20H17ClFN5OS. The fourth-order valence-corrected chi connectivity index (χ4v) is 4.37. The van der Waals surface area contributed by atoms with Crippen LogP contribution in [0, 0.1) is 5.82 Å². The van der Waals surface area contributed by atoms with E-state index in [4.69, 9.17) is 17.3 Å². The first-order valence-electron chi connectivity index (χ1n) is 8.80. The number of halogens is 2. The number of primary amides is 1. The Kier molecular flexibility index (Phi) is 5.29. The predicted molar refractivity (Wildman–Crippen MR) is 111 cm³/mol. The van der Waals surface area contributed by atoms with Gasteiger partial charge in [-0.1, -0.05) is 59.8 Å². The fourth-order valence-electron chi connectivity index (χ4n) is 3.25. The van der Waals surface area contributed by atoms with Gasteiger partial charge in [-0.05, 0) is 24.6 Å². The summed E-state index contributed by atoms with van der Waals surface area (Å²) in [5, 5.41) is 8.71. The van der Waals surface area contributed by atoms with Crippen LogP contribution in [0.25, 0.3) is 0 Å². The van der Waals surface area contributed by atoms with Crippen LogP contribution < -0.4 is 11.1 Å². The van der Waals surface area contributed by atoms with E-state index < -0.39 is 17.8 Å². The standard InChI is InChI=1S/C20H17ClFN5OS/c1-11-16(18(23)28)17(13-7-3-5-9-15(13)22)27-19(24-11)25-20(26-27)29-10-12-6-2-4-8-14(12)21/h2-9,17H,10H2,1H3,(H2,23,28)(H,24,25,26)/t17-/m1/s1. The number of hydrogen-bond acceptors (Lipinski definition) is 5. The summed E-state index contributed by atoms with van der Waals surface area (Å²) < 4.78 is 16.1. The number of carbonyl (C=O) groups is 1. The van der Waals surface area contributed by atoms with Gasteiger partial charge in [-0.3, -0.25) is 4.79 Å². The lowest BCUT2D eigenvalue weighted by molar-refractivity contribution is -0.115. The second kappa shape index (κ2) is 7.88. The van der Waals surface area contributed by atoms with Crippen molar-refractivity contribution in [2.45, 2.75) is 23.9 Å². The molecule has 0 spiro atoms. The van der Waals surface area contributed by atoms with Gasteiger partial charge in [0, 0.05) is 22.0 Å². The monoisotopic (exact) mass is 429 g/mol. The van der Waals surface area contributed by atoms with Crippen LogP contribution in [-0.4, -0.2) is 20.7 Å². The van der Waals surface area contributed by atoms with Gasteiger partial charge < -0.3 is 11.1 Å². The molecule has 0 fully saturated rings. The minimum atomic E-state index is -0.799. The zero-order valence-electron chi connectivity index (χ0n) is 15.4. The highest BCUT2D eigenvalue weighted by Gasteiger charge is 2.34. The molecule has 0 unspecified atom stereocenters. The van der Waals surface area contributed by atoms with Crippen molar-refractivity contribution >= 4 is 35.2 Å². The summed E-state index contributed by atoms with van der Waals surface area (Å²) >= 11 is 7.61. The summed E-state index contributed by atoms with van der Waals surface area (Å²) in [6.45, 7) is 1.71. The molecule has 0 saturated carbocycles. The Labute approximate surface area is 176 Å². The molecule has 0 aliphatic carbocycles. The van der Waals surface area contributed by atoms with Crippen molar-refractivity contribution in [3.63, 3.8) is 0 Å². The number of anilines is 1. The van der Waals surface area contributed by atoms with Gasteiger partial charge in [0.05, 0.1) is 5.57 Å². The summed E-state index contributed by atoms with van der Waals surface area (Å²) in [7, 11) is 0. The van der Waals surface area contributed by atoms with Gasteiger partial charge in [-0.25, -0.2) is 9.07 Å². The second-order valence-electron chi connectivity index (χ2n) is 6.49. The fraction of sp³-hybridized carbons (Fsp3) is 0.150. The molecule has 0 bridgehead atoms. The number of aromatic nitrogens is 3. The highest BCUT2D eigenvalue weighted by molar-refractivity contribution is 7.98. The number of fused-ring (bicyclic) bond motifs is 1. The summed E-state index contributed by atoms with van der Waals surface area (Å²) in [5.41, 5.74) is 7.64. The quantitative estimate of drug-likeness (QED) is 0.595. The lowest BCUT2D eigenvalue weighted by atomic mass is 9.95. The SMILES string of the molecule is CC1=C(C(N)=O)[C@@H](c2ccccc2F)n2nc(SCc3ccccc3Cl)nc2N1. The van der Waals surface area contributed by atoms with Crippen LogP contribution in [0.4, 0.5) is 10.3 Å². The number of thioether (sulfide) groups is 1. The molecule has 0 radical (unpaired) electrons. The molecule has 29 heavy (non-hydrogen) atoms. The molecule has 3 aromatic rings. The highest BCUT2D eigenvalue weighted by Crippen LogP contribution is 2.37. The number of benzene rings is 2. The van der Waals surface area contributed by atoms with Crippen molar-refractivity contribution in [1.29, 1.82) is 0 Å². The van der Waals surface area contributed by atoms with E-state index in [9.17, 15) is 9.18 Å². The molecule has 1 amide bonds. The van der Waals surface area contributed by atoms with Crippen molar-refractivity contribution in [2.24, 2.45) is 5.73 Å². The number of nitrogens with one attached hydrogen (secondary N) is 1. The van der Waals surface area contributed by atoms with Gasteiger partial charge in [-0.2, -0.15) is 4.98 Å². The first-order valence-corrected chi connectivity index (χ1v) is 10.2. The molecular weight excluding hydrogens is 413 g/mol. The molecule has 1 aliphatic heterocycles. The zero-order chi connectivity index (χ0) is 20.5. The van der Waals surface area contributed by atoms with E-state index in [1.807, 2.05) is 24.3 Å². The molecule has 4 rings (SSSR count). The van der Waals surface area contributed by atoms with Crippen LogP contribution in [0.2, 0.25) is 5.02 Å². The van der Waals surface area contributed by atoms with Crippen molar-refractivity contribution in [2.75, 3.05) is 5.32 Å². The van der Waals surface area contributed by atoms with E-state index in [-0.39, 0.29) is 5.57 Å². The third kappa shape index (κ3) is 3.73. The van der Waals surface area contributed by atoms with Crippen molar-refractivity contribution in [3.05, 3.63) is 81.8 Å². The van der Waals surface area contributed by atoms with Gasteiger partial charge in [0.15, 0.2) is 0 Å². The van der Waals surface area contributed by atoms with E-state index >= 15 is 0 Å². The summed E-state index contributed by atoms with van der Waals surface area (Å²) in [4.78, 5) is 16.6. The smallest absolute Gasteiger partial charge is 0.248 e. The maximum atomic E-state index is 14.6. The topological polar surface area (TPSA) is 85.8 Å². The molecule has 1 aromatic heterocycles. The average Bonchev–Trinajstić information content (AvgIpc) is 3.09. The van der Waals surface area contributed by atoms with Crippen molar-refractivity contribution in [1.82, 2.24) is 14.8 Å². The Hall–Kier alpha value is -2.84. The highest BCUT2D eigenvalue weighted by atomic mass is 35.5. The van der Waals surface area contributed by atoms with Gasteiger partial charge in [0.1, 0.15) is 11.9 Å². The molecule has 3 N–H and O–H groups in total. The lowest BCUT2D eigenvalue weighted by Gasteiger charge is -2.27. The summed E-state index contributed by atoms with van der Waals surface area (Å²) in [5.74, 6) is -0.0995. The number of nitrogens with two attached hydrogens (primary N) is 1. The van der Waals surface area contributed by atoms with Crippen molar-refractivity contribution in [3.8, 4) is 0 Å². The van der Waals surface area contributed by atoms with E-state index in [2.05, 4.69) is 15.4 Å². The minimum absolute atomic E-state index is 0.246. The Morgan fingerprint density at radius 2 is 2.00 bits per heavy atom. The molecule has 2 heterocycles. The van der Waals surface area contributed by atoms with Gasteiger partial charge >= 0.3 is 0 Å². The van der Waals surface area contributed by atoms with Gasteiger partial charge in [0.2, 0.25) is 17.0 Å². The number of nitrogens with zero attached hydrogens (tertiary/aromatic N) is 3. The van der Waals surface area contributed by atoms with Crippen molar-refractivity contribution < 1.29 is 9.18 Å². The molecule has 1 aliphatic rings. The Bertz CT molecular complexity index is 1130. The third-order valence-electron chi connectivity index (χ3n) is 4.61. The predicted octanol–water partition coefficient (Wildman–Crippen LogP) is 4.14. The van der Waals surface area contributed by atoms with Gasteiger partial charge in [0.25, 0.3) is 0 Å². The Morgan fingerprint density at radius 3 is 2.72 bits per heavy atom. The number of allylic oxidation sites excluding steroid dienone is 1. The molecule has 9 heteroatoms. The van der Waals surface area contributed by atoms with Gasteiger partial charge in [-0.15, -0.1) is 5.10 Å². The third-order valence-corrected chi connectivity index (χ3v) is 5.87. The second-order valence-corrected chi connectivity index (χ2v) is 7.84. The van der Waals surface area contributed by atoms with E-state index in [1.54, 1.807) is 25.1 Å². The molecule has 0 saturated heterocycles. The summed E-state index contributed by atoms with van der Waals surface area (Å²) in [6.07, 6.45) is 0.